The third-order valence-electron chi connectivity index (χ3n) is 4.11. The minimum absolute atomic E-state index is 0.00109. The number of hydrogen-bond donors (Lipinski definition) is 8. The zero-order valence-electron chi connectivity index (χ0n) is 16.3. The van der Waals surface area contributed by atoms with Crippen LogP contribution in [0, 0.1) is 0 Å². The van der Waals surface area contributed by atoms with E-state index < -0.39 is 35.9 Å². The number of aliphatic carboxylic acids is 1. The molecule has 0 bridgehead atoms. The molecule has 11 nitrogen and oxygen atoms in total. The van der Waals surface area contributed by atoms with Crippen molar-refractivity contribution in [1.29, 1.82) is 0 Å². The molecule has 0 spiro atoms. The second kappa shape index (κ2) is 12.5. The first-order valence-electron chi connectivity index (χ1n) is 9.17. The van der Waals surface area contributed by atoms with Gasteiger partial charge in [-0.2, -0.15) is 12.6 Å². The first kappa shape index (κ1) is 25.0. The lowest BCUT2D eigenvalue weighted by Gasteiger charge is -2.21. The molecule has 1 aromatic carbocycles. The number of nitrogens with zero attached hydrogens (tertiary/aromatic N) is 1. The molecule has 0 unspecified atom stereocenters. The number of aromatic hydroxyl groups is 1. The number of benzene rings is 1. The van der Waals surface area contributed by atoms with Crippen LogP contribution in [0.3, 0.4) is 0 Å². The van der Waals surface area contributed by atoms with E-state index >= 15 is 0 Å². The minimum Gasteiger partial charge on any atom is -0.508 e. The highest BCUT2D eigenvalue weighted by atomic mass is 32.1. The lowest BCUT2D eigenvalue weighted by Crippen LogP contribution is -2.55. The Balaban J connectivity index is 2.63. The Morgan fingerprint density at radius 3 is 2.20 bits per heavy atom. The Bertz CT molecular complexity index is 754. The summed E-state index contributed by atoms with van der Waals surface area (Å²) in [5.41, 5.74) is 16.8. The molecule has 166 valence electrons. The van der Waals surface area contributed by atoms with E-state index in [-0.39, 0.29) is 23.9 Å². The number of aliphatic imine (C=N–C) groups is 1. The van der Waals surface area contributed by atoms with E-state index in [0.717, 1.165) is 0 Å². The van der Waals surface area contributed by atoms with Crippen LogP contribution in [0.4, 0.5) is 0 Å². The van der Waals surface area contributed by atoms with Crippen LogP contribution in [0.25, 0.3) is 0 Å². The van der Waals surface area contributed by atoms with Gasteiger partial charge in [0.25, 0.3) is 0 Å². The molecule has 2 amide bonds. The molecule has 0 aliphatic carbocycles. The number of nitrogens with one attached hydrogen (secondary N) is 2. The number of carboxylic acids is 1. The predicted molar refractivity (Wildman–Crippen MR) is 115 cm³/mol. The zero-order chi connectivity index (χ0) is 22.7. The monoisotopic (exact) mass is 440 g/mol. The van der Waals surface area contributed by atoms with E-state index in [1.807, 2.05) is 0 Å². The molecule has 0 radical (unpaired) electrons. The first-order chi connectivity index (χ1) is 14.1. The van der Waals surface area contributed by atoms with Crippen molar-refractivity contribution in [2.45, 2.75) is 37.4 Å². The van der Waals surface area contributed by atoms with E-state index in [1.165, 1.54) is 12.1 Å². The molecule has 0 aliphatic rings. The number of phenolic OH excluding ortho intramolecular Hbond substituents is 1. The summed E-state index contributed by atoms with van der Waals surface area (Å²) in [7, 11) is 0. The highest BCUT2D eigenvalue weighted by Crippen LogP contribution is 2.11. The van der Waals surface area contributed by atoms with Crippen LogP contribution in [0.15, 0.2) is 29.3 Å². The van der Waals surface area contributed by atoms with Gasteiger partial charge in [0.05, 0.1) is 6.04 Å². The summed E-state index contributed by atoms with van der Waals surface area (Å²) in [5.74, 6) is -2.57. The second-order valence-corrected chi connectivity index (χ2v) is 6.93. The summed E-state index contributed by atoms with van der Waals surface area (Å²) < 4.78 is 0. The van der Waals surface area contributed by atoms with Crippen molar-refractivity contribution in [3.05, 3.63) is 29.8 Å². The Kier molecular flexibility index (Phi) is 10.5. The number of carbonyl (C=O) groups is 3. The fourth-order valence-electron chi connectivity index (χ4n) is 2.46. The van der Waals surface area contributed by atoms with Crippen molar-refractivity contribution in [1.82, 2.24) is 10.6 Å². The smallest absolute Gasteiger partial charge is 0.326 e. The second-order valence-electron chi connectivity index (χ2n) is 6.57. The fraction of sp³-hybridized carbons (Fsp3) is 0.444. The average molecular weight is 441 g/mol. The molecule has 12 heteroatoms. The van der Waals surface area contributed by atoms with Crippen LogP contribution in [-0.4, -0.2) is 64.4 Å². The van der Waals surface area contributed by atoms with Crippen molar-refractivity contribution >= 4 is 36.4 Å². The molecular formula is C18H28N6O5S. The molecule has 0 aliphatic heterocycles. The molecule has 0 fully saturated rings. The Morgan fingerprint density at radius 2 is 1.67 bits per heavy atom. The largest absolute Gasteiger partial charge is 0.508 e. The number of carbonyl (C=O) groups excluding carboxylic acids is 2. The third kappa shape index (κ3) is 9.01. The van der Waals surface area contributed by atoms with Gasteiger partial charge in [-0.15, -0.1) is 0 Å². The fourth-order valence-corrected chi connectivity index (χ4v) is 2.72. The van der Waals surface area contributed by atoms with Crippen LogP contribution in [-0.2, 0) is 20.8 Å². The van der Waals surface area contributed by atoms with E-state index in [2.05, 4.69) is 28.3 Å². The topological polar surface area (TPSA) is 206 Å². The maximum Gasteiger partial charge on any atom is 0.326 e. The van der Waals surface area contributed by atoms with Crippen LogP contribution in [0.2, 0.25) is 0 Å². The highest BCUT2D eigenvalue weighted by Gasteiger charge is 2.27. The number of hydrogen-bond acceptors (Lipinski definition) is 7. The summed E-state index contributed by atoms with van der Waals surface area (Å²) in [6.45, 7) is 0.317. The van der Waals surface area contributed by atoms with Crippen LogP contribution in [0.1, 0.15) is 18.4 Å². The number of nitrogens with two attached hydrogens (primary N) is 3. The molecule has 3 atom stereocenters. The van der Waals surface area contributed by atoms with Gasteiger partial charge in [0.1, 0.15) is 17.8 Å². The van der Waals surface area contributed by atoms with Gasteiger partial charge < -0.3 is 38.0 Å². The SMILES string of the molecule is NC(N)=NCCC[C@H](N)C(=O)N[C@@H](CS)C(=O)N[C@@H](Cc1ccc(O)cc1)C(=O)O. The van der Waals surface area contributed by atoms with Crippen molar-refractivity contribution in [2.24, 2.45) is 22.2 Å². The summed E-state index contributed by atoms with van der Waals surface area (Å²) >= 11 is 4.05. The van der Waals surface area contributed by atoms with Crippen molar-refractivity contribution in [3.63, 3.8) is 0 Å². The van der Waals surface area contributed by atoms with E-state index in [0.29, 0.717) is 24.9 Å². The molecule has 0 aromatic heterocycles. The van der Waals surface area contributed by atoms with Crippen molar-refractivity contribution in [2.75, 3.05) is 12.3 Å². The van der Waals surface area contributed by atoms with Gasteiger partial charge in [-0.3, -0.25) is 14.6 Å². The van der Waals surface area contributed by atoms with Crippen LogP contribution >= 0.6 is 12.6 Å². The Labute approximate surface area is 179 Å². The number of phenols is 1. The normalized spacial score (nSPS) is 13.5. The summed E-state index contributed by atoms with van der Waals surface area (Å²) in [4.78, 5) is 40.0. The predicted octanol–water partition coefficient (Wildman–Crippen LogP) is -1.70. The lowest BCUT2D eigenvalue weighted by molar-refractivity contribution is -0.142. The minimum atomic E-state index is -1.24. The molecule has 10 N–H and O–H groups in total. The summed E-state index contributed by atoms with van der Waals surface area (Å²) in [6.07, 6.45) is 0.763. The number of thiol groups is 1. The van der Waals surface area contributed by atoms with E-state index in [9.17, 15) is 24.6 Å². The summed E-state index contributed by atoms with van der Waals surface area (Å²) in [6, 6.07) is 2.76. The number of amides is 2. The highest BCUT2D eigenvalue weighted by molar-refractivity contribution is 7.80. The zero-order valence-corrected chi connectivity index (χ0v) is 17.2. The number of carboxylic acid groups (broad SMARTS) is 1. The molecular weight excluding hydrogens is 412 g/mol. The molecule has 0 saturated heterocycles. The van der Waals surface area contributed by atoms with Gasteiger partial charge >= 0.3 is 5.97 Å². The van der Waals surface area contributed by atoms with Gasteiger partial charge in [0.15, 0.2) is 5.96 Å². The maximum absolute atomic E-state index is 12.5. The quantitative estimate of drug-likeness (QED) is 0.0811. The van der Waals surface area contributed by atoms with Crippen LogP contribution in [0.5, 0.6) is 5.75 Å². The van der Waals surface area contributed by atoms with Gasteiger partial charge in [-0.1, -0.05) is 12.1 Å². The third-order valence-corrected chi connectivity index (χ3v) is 4.48. The van der Waals surface area contributed by atoms with E-state index in [1.54, 1.807) is 12.1 Å². The van der Waals surface area contributed by atoms with E-state index in [4.69, 9.17) is 17.2 Å². The van der Waals surface area contributed by atoms with Gasteiger partial charge in [0.2, 0.25) is 11.8 Å². The van der Waals surface area contributed by atoms with Crippen LogP contribution < -0.4 is 27.8 Å². The van der Waals surface area contributed by atoms with Gasteiger partial charge in [0, 0.05) is 18.7 Å². The van der Waals surface area contributed by atoms with Gasteiger partial charge in [-0.25, -0.2) is 4.79 Å². The molecule has 0 heterocycles. The summed E-state index contributed by atoms with van der Waals surface area (Å²) in [5, 5.41) is 23.6. The molecule has 1 rings (SSSR count). The molecule has 30 heavy (non-hydrogen) atoms. The average Bonchev–Trinajstić information content (AvgIpc) is 2.69. The Morgan fingerprint density at radius 1 is 1.07 bits per heavy atom. The molecule has 0 saturated carbocycles. The Hall–Kier alpha value is -2.99. The standard InChI is InChI=1S/C18H28N6O5S/c19-12(2-1-7-22-18(20)21)15(26)24-14(9-30)16(27)23-13(17(28)29)8-10-3-5-11(25)6-4-10/h3-6,12-14,25,30H,1-2,7-9,19H2,(H,23,27)(H,24,26)(H,28,29)(H4,20,21,22)/t12-,13-,14-/m0/s1. The maximum atomic E-state index is 12.5. The number of rotatable bonds is 12. The van der Waals surface area contributed by atoms with Crippen molar-refractivity contribution in [3.8, 4) is 5.75 Å². The van der Waals surface area contributed by atoms with Gasteiger partial charge in [-0.05, 0) is 30.5 Å². The molecule has 1 aromatic rings. The first-order valence-corrected chi connectivity index (χ1v) is 9.80. The number of guanidine groups is 1. The van der Waals surface area contributed by atoms with Crippen molar-refractivity contribution < 1.29 is 24.6 Å². The lowest BCUT2D eigenvalue weighted by atomic mass is 10.1.